The maximum absolute atomic E-state index is 13.4. The van der Waals surface area contributed by atoms with E-state index < -0.39 is 23.5 Å². The first-order valence-corrected chi connectivity index (χ1v) is 9.27. The third-order valence-corrected chi connectivity index (χ3v) is 5.20. The molecule has 2 heterocycles. The average Bonchev–Trinajstić information content (AvgIpc) is 3.31. The summed E-state index contributed by atoms with van der Waals surface area (Å²) in [5, 5.41) is 10.8. The van der Waals surface area contributed by atoms with Gasteiger partial charge in [0.15, 0.2) is 0 Å². The lowest BCUT2D eigenvalue weighted by molar-refractivity contribution is -0.140. The molecule has 0 radical (unpaired) electrons. The van der Waals surface area contributed by atoms with E-state index in [1.54, 1.807) is 30.3 Å². The number of aliphatic hydroxyl groups is 1. The van der Waals surface area contributed by atoms with Gasteiger partial charge in [0.25, 0.3) is 11.7 Å². The van der Waals surface area contributed by atoms with Crippen molar-refractivity contribution in [3.05, 3.63) is 77.1 Å². The highest BCUT2D eigenvalue weighted by atomic mass is 19.1. The maximum Gasteiger partial charge on any atom is 0.295 e. The average molecular weight is 381 g/mol. The first kappa shape index (κ1) is 18.4. The molecule has 0 spiro atoms. The number of rotatable bonds is 4. The van der Waals surface area contributed by atoms with Gasteiger partial charge in [-0.15, -0.1) is 0 Å². The third-order valence-electron chi connectivity index (χ3n) is 5.20. The van der Waals surface area contributed by atoms with Gasteiger partial charge in [0.2, 0.25) is 0 Å². The zero-order valence-corrected chi connectivity index (χ0v) is 15.2. The highest BCUT2D eigenvalue weighted by molar-refractivity contribution is 6.46. The summed E-state index contributed by atoms with van der Waals surface area (Å²) < 4.78 is 19.1. The van der Waals surface area contributed by atoms with E-state index in [0.717, 1.165) is 12.8 Å². The summed E-state index contributed by atoms with van der Waals surface area (Å²) in [7, 11) is 0. The molecule has 1 amide bonds. The van der Waals surface area contributed by atoms with E-state index in [9.17, 15) is 19.1 Å². The Kier molecular flexibility index (Phi) is 4.96. The number of Topliss-reactive ketones (excluding diaryl/α,β-unsaturated/α-hetero) is 1. The number of likely N-dealkylation sites (tertiary alicyclic amines) is 1. The van der Waals surface area contributed by atoms with Crippen molar-refractivity contribution >= 4 is 17.4 Å². The molecule has 2 saturated heterocycles. The van der Waals surface area contributed by atoms with Crippen LogP contribution in [-0.4, -0.2) is 41.0 Å². The molecule has 2 fully saturated rings. The largest absolute Gasteiger partial charge is 0.507 e. The number of carbonyl (C=O) groups is 2. The first-order valence-electron chi connectivity index (χ1n) is 9.27. The van der Waals surface area contributed by atoms with Crippen LogP contribution in [0.15, 0.2) is 60.2 Å². The molecule has 2 aromatic carbocycles. The standard InChI is InChI=1S/C22H20FNO4/c23-16-10-8-14(9-11-16)19-18(20(25)15-5-2-1-3-6-15)21(26)22(27)24(19)13-17-7-4-12-28-17/h1-3,5-6,8-11,17,19,25H,4,7,12-13H2/t17-,19-/m1/s1. The quantitative estimate of drug-likeness (QED) is 0.501. The topological polar surface area (TPSA) is 66.8 Å². The van der Waals surface area contributed by atoms with Crippen molar-refractivity contribution in [2.75, 3.05) is 13.2 Å². The third kappa shape index (κ3) is 3.31. The lowest BCUT2D eigenvalue weighted by Crippen LogP contribution is -2.36. The molecule has 6 heteroatoms. The number of amides is 1. The highest BCUT2D eigenvalue weighted by Gasteiger charge is 2.47. The predicted octanol–water partition coefficient (Wildman–Crippen LogP) is 3.43. The van der Waals surface area contributed by atoms with Gasteiger partial charge in [-0.1, -0.05) is 42.5 Å². The molecule has 0 unspecified atom stereocenters. The smallest absolute Gasteiger partial charge is 0.295 e. The van der Waals surface area contributed by atoms with E-state index >= 15 is 0 Å². The van der Waals surface area contributed by atoms with Crippen molar-refractivity contribution in [3.8, 4) is 0 Å². The second-order valence-electron chi connectivity index (χ2n) is 7.00. The Morgan fingerprint density at radius 2 is 1.82 bits per heavy atom. The van der Waals surface area contributed by atoms with Crippen LogP contribution in [0.25, 0.3) is 5.76 Å². The number of halogens is 1. The Labute approximate surface area is 162 Å². The molecule has 2 atom stereocenters. The number of ketones is 1. The van der Waals surface area contributed by atoms with Gasteiger partial charge in [0, 0.05) is 18.7 Å². The fourth-order valence-corrected chi connectivity index (χ4v) is 3.82. The number of ether oxygens (including phenoxy) is 1. The number of aliphatic hydroxyl groups excluding tert-OH is 1. The summed E-state index contributed by atoms with van der Waals surface area (Å²) in [5.41, 5.74) is 1.03. The molecule has 2 aliphatic heterocycles. The van der Waals surface area contributed by atoms with E-state index in [1.165, 1.54) is 29.2 Å². The molecule has 4 rings (SSSR count). The lowest BCUT2D eigenvalue weighted by Gasteiger charge is -2.27. The van der Waals surface area contributed by atoms with Crippen molar-refractivity contribution in [1.29, 1.82) is 0 Å². The number of hydrogen-bond acceptors (Lipinski definition) is 4. The minimum Gasteiger partial charge on any atom is -0.507 e. The summed E-state index contributed by atoms with van der Waals surface area (Å²) in [6.45, 7) is 0.873. The van der Waals surface area contributed by atoms with Crippen LogP contribution in [0, 0.1) is 5.82 Å². The van der Waals surface area contributed by atoms with E-state index in [2.05, 4.69) is 0 Å². The summed E-state index contributed by atoms with van der Waals surface area (Å²) in [6, 6.07) is 13.5. The first-order chi connectivity index (χ1) is 13.6. The molecule has 0 aromatic heterocycles. The minimum absolute atomic E-state index is 0.0146. The Balaban J connectivity index is 1.81. The van der Waals surface area contributed by atoms with Crippen molar-refractivity contribution < 1.29 is 23.8 Å². The molecule has 1 N–H and O–H groups in total. The Morgan fingerprint density at radius 1 is 1.11 bits per heavy atom. The van der Waals surface area contributed by atoms with E-state index in [1.807, 2.05) is 0 Å². The van der Waals surface area contributed by atoms with Gasteiger partial charge in [-0.3, -0.25) is 9.59 Å². The lowest BCUT2D eigenvalue weighted by atomic mass is 9.95. The van der Waals surface area contributed by atoms with Crippen LogP contribution in [0.2, 0.25) is 0 Å². The monoisotopic (exact) mass is 381 g/mol. The van der Waals surface area contributed by atoms with Crippen LogP contribution in [0.1, 0.15) is 30.0 Å². The van der Waals surface area contributed by atoms with Gasteiger partial charge < -0.3 is 14.7 Å². The van der Waals surface area contributed by atoms with E-state index in [-0.39, 0.29) is 24.0 Å². The van der Waals surface area contributed by atoms with Crippen LogP contribution < -0.4 is 0 Å². The summed E-state index contributed by atoms with van der Waals surface area (Å²) in [5.74, 6) is -2.07. The zero-order valence-electron chi connectivity index (χ0n) is 15.2. The zero-order chi connectivity index (χ0) is 19.7. The van der Waals surface area contributed by atoms with Gasteiger partial charge in [-0.05, 0) is 30.5 Å². The van der Waals surface area contributed by atoms with E-state index in [4.69, 9.17) is 4.74 Å². The SMILES string of the molecule is O=C1C(=O)N(C[C@H]2CCCO2)[C@H](c2ccc(F)cc2)C1=C(O)c1ccccc1. The second-order valence-corrected chi connectivity index (χ2v) is 7.00. The molecule has 144 valence electrons. The number of hydrogen-bond donors (Lipinski definition) is 1. The molecule has 0 bridgehead atoms. The molecular weight excluding hydrogens is 361 g/mol. The maximum atomic E-state index is 13.4. The molecule has 2 aromatic rings. The van der Waals surface area contributed by atoms with Gasteiger partial charge in [0.1, 0.15) is 11.6 Å². The Morgan fingerprint density at radius 3 is 2.46 bits per heavy atom. The summed E-state index contributed by atoms with van der Waals surface area (Å²) >= 11 is 0. The molecule has 0 saturated carbocycles. The Bertz CT molecular complexity index is 917. The van der Waals surface area contributed by atoms with Gasteiger partial charge in [-0.2, -0.15) is 0 Å². The summed E-state index contributed by atoms with van der Waals surface area (Å²) in [6.07, 6.45) is 1.55. The van der Waals surface area contributed by atoms with Gasteiger partial charge >= 0.3 is 0 Å². The van der Waals surface area contributed by atoms with Crippen LogP contribution in [0.3, 0.4) is 0 Å². The number of benzene rings is 2. The molecular formula is C22H20FNO4. The molecule has 2 aliphatic rings. The fraction of sp³-hybridized carbons (Fsp3) is 0.273. The predicted molar refractivity (Wildman–Crippen MR) is 101 cm³/mol. The van der Waals surface area contributed by atoms with Crippen molar-refractivity contribution in [1.82, 2.24) is 4.90 Å². The normalized spacial score (nSPS) is 24.1. The van der Waals surface area contributed by atoms with Gasteiger partial charge in [-0.25, -0.2) is 4.39 Å². The van der Waals surface area contributed by atoms with Crippen LogP contribution in [0.5, 0.6) is 0 Å². The number of nitrogens with zero attached hydrogens (tertiary/aromatic N) is 1. The van der Waals surface area contributed by atoms with Crippen LogP contribution in [-0.2, 0) is 14.3 Å². The Hall–Kier alpha value is -2.99. The second kappa shape index (κ2) is 7.56. The van der Waals surface area contributed by atoms with Crippen molar-refractivity contribution in [2.24, 2.45) is 0 Å². The van der Waals surface area contributed by atoms with Gasteiger partial charge in [0.05, 0.1) is 17.7 Å². The van der Waals surface area contributed by atoms with Crippen LogP contribution >= 0.6 is 0 Å². The summed E-state index contributed by atoms with van der Waals surface area (Å²) in [4.78, 5) is 27.1. The fourth-order valence-electron chi connectivity index (χ4n) is 3.82. The number of carbonyl (C=O) groups excluding carboxylic acids is 2. The molecule has 5 nitrogen and oxygen atoms in total. The van der Waals surface area contributed by atoms with Crippen molar-refractivity contribution in [2.45, 2.75) is 25.0 Å². The van der Waals surface area contributed by atoms with Crippen LogP contribution in [0.4, 0.5) is 4.39 Å². The highest BCUT2D eigenvalue weighted by Crippen LogP contribution is 2.40. The molecule has 0 aliphatic carbocycles. The minimum atomic E-state index is -0.787. The van der Waals surface area contributed by atoms with Crippen molar-refractivity contribution in [3.63, 3.8) is 0 Å². The van der Waals surface area contributed by atoms with E-state index in [0.29, 0.717) is 17.7 Å². The molecule has 28 heavy (non-hydrogen) atoms.